The minimum Gasteiger partial charge on any atom is -0.458 e. The van der Waals surface area contributed by atoms with Crippen LogP contribution in [0.15, 0.2) is 72.8 Å². The van der Waals surface area contributed by atoms with E-state index in [1.54, 1.807) is 0 Å². The molecule has 5 heteroatoms. The van der Waals surface area contributed by atoms with Crippen molar-refractivity contribution in [3.63, 3.8) is 0 Å². The van der Waals surface area contributed by atoms with Crippen LogP contribution in [-0.4, -0.2) is 13.4 Å². The van der Waals surface area contributed by atoms with Gasteiger partial charge in [-0.05, 0) is 124 Å². The van der Waals surface area contributed by atoms with Crippen LogP contribution in [0.1, 0.15) is 132 Å². The zero-order chi connectivity index (χ0) is 39.5. The third-order valence-electron chi connectivity index (χ3n) is 12.7. The minimum atomic E-state index is -0.0869. The van der Waals surface area contributed by atoms with Gasteiger partial charge in [0.2, 0.25) is 0 Å². The van der Waals surface area contributed by atoms with E-state index in [-0.39, 0.29) is 40.5 Å². The Kier molecular flexibility index (Phi) is 7.35. The Balaban J connectivity index is 1.46. The van der Waals surface area contributed by atoms with Crippen LogP contribution in [0.5, 0.6) is 23.0 Å². The maximum atomic E-state index is 7.06. The van der Waals surface area contributed by atoms with Gasteiger partial charge in [-0.2, -0.15) is 0 Å². The molecule has 0 spiro atoms. The van der Waals surface area contributed by atoms with Gasteiger partial charge < -0.3 is 14.4 Å². The maximum absolute atomic E-state index is 7.06. The molecule has 0 radical (unpaired) electrons. The number of hydrogen-bond donors (Lipinski definition) is 0. The second kappa shape index (κ2) is 11.1. The lowest BCUT2D eigenvalue weighted by Crippen LogP contribution is -2.67. The van der Waals surface area contributed by atoms with E-state index in [0.29, 0.717) is 0 Å². The summed E-state index contributed by atoms with van der Waals surface area (Å²) in [5, 5.41) is 0. The molecule has 0 atom stereocenters. The van der Waals surface area contributed by atoms with E-state index >= 15 is 0 Å². The second-order valence-corrected chi connectivity index (χ2v) is 22.0. The topological polar surface area (TPSA) is 21.7 Å². The van der Waals surface area contributed by atoms with Crippen LogP contribution in [0.3, 0.4) is 0 Å². The summed E-state index contributed by atoms with van der Waals surface area (Å²) in [5.41, 5.74) is 17.8. The van der Waals surface area contributed by atoms with Gasteiger partial charge >= 0.3 is 0 Å². The molecule has 0 saturated carbocycles. The van der Waals surface area contributed by atoms with Crippen molar-refractivity contribution >= 4 is 63.3 Å². The predicted molar refractivity (Wildman–Crippen MR) is 237 cm³/mol. The van der Waals surface area contributed by atoms with Gasteiger partial charge in [0.05, 0.1) is 0 Å². The summed E-state index contributed by atoms with van der Waals surface area (Å²) < 4.78 is 14.1. The van der Waals surface area contributed by atoms with Gasteiger partial charge in [-0.15, -0.1) is 0 Å². The summed E-state index contributed by atoms with van der Waals surface area (Å²) in [7, 11) is 0. The summed E-state index contributed by atoms with van der Waals surface area (Å²) in [5.74, 6) is 3.86. The molecule has 3 nitrogen and oxygen atoms in total. The van der Waals surface area contributed by atoms with Crippen molar-refractivity contribution in [1.82, 2.24) is 0 Å². The highest BCUT2D eigenvalue weighted by Crippen LogP contribution is 2.48. The Bertz CT molecular complexity index is 2310. The largest absolute Gasteiger partial charge is 0.458 e. The van der Waals surface area contributed by atoms with Crippen molar-refractivity contribution in [3.8, 4) is 23.0 Å². The van der Waals surface area contributed by atoms with E-state index < -0.39 is 0 Å². The number of anilines is 3. The number of fused-ring (bicyclic) bond motifs is 8. The lowest BCUT2D eigenvalue weighted by atomic mass is 9.29. The zero-order valence-corrected chi connectivity index (χ0v) is 35.8. The van der Waals surface area contributed by atoms with Crippen molar-refractivity contribution < 1.29 is 9.47 Å². The zero-order valence-electron chi connectivity index (χ0n) is 35.8. The lowest BCUT2D eigenvalue weighted by molar-refractivity contribution is 0.482. The standard InChI is InChI=1S/C50H57B2NO2/c1-46(2,3)28-16-18-39-33(20-28)51-35-22-30(48(7,8)9)23-36-45(35)53(37-24-31(49(10,11)12)26-41(54-39)43(37)51)38-25-32(50(13,14)15)27-42-44(38)52(36)34-21-29(47(4,5)6)17-19-40(34)55-42/h16-27H,1-15H3. The summed E-state index contributed by atoms with van der Waals surface area (Å²) in [6, 6.07) is 28.6. The maximum Gasteiger partial charge on any atom is 0.256 e. The van der Waals surface area contributed by atoms with Gasteiger partial charge in [0, 0.05) is 17.1 Å². The molecule has 4 heterocycles. The first-order valence-electron chi connectivity index (χ1n) is 20.4. The van der Waals surface area contributed by atoms with Crippen LogP contribution >= 0.6 is 0 Å². The van der Waals surface area contributed by atoms with Gasteiger partial charge in [-0.1, -0.05) is 140 Å². The summed E-state index contributed by atoms with van der Waals surface area (Å²) >= 11 is 0. The van der Waals surface area contributed by atoms with Crippen LogP contribution < -0.4 is 47.2 Å². The molecular formula is C50H57B2NO2. The van der Waals surface area contributed by atoms with E-state index in [9.17, 15) is 0 Å². The van der Waals surface area contributed by atoms with Gasteiger partial charge in [-0.25, -0.2) is 0 Å². The van der Waals surface area contributed by atoms with Crippen molar-refractivity contribution in [2.24, 2.45) is 0 Å². The van der Waals surface area contributed by atoms with E-state index in [4.69, 9.17) is 9.47 Å². The molecule has 0 bridgehead atoms. The van der Waals surface area contributed by atoms with E-state index in [0.717, 1.165) is 23.0 Å². The molecular weight excluding hydrogens is 668 g/mol. The molecule has 0 aromatic heterocycles. The Morgan fingerprint density at radius 2 is 0.691 bits per heavy atom. The van der Waals surface area contributed by atoms with Gasteiger partial charge in [0.25, 0.3) is 13.4 Å². The highest BCUT2D eigenvalue weighted by molar-refractivity contribution is 7.03. The molecule has 5 aromatic rings. The van der Waals surface area contributed by atoms with Gasteiger partial charge in [-0.3, -0.25) is 0 Å². The third-order valence-corrected chi connectivity index (χ3v) is 12.7. The minimum absolute atomic E-state index is 0.00309. The quantitative estimate of drug-likeness (QED) is 0.146. The first kappa shape index (κ1) is 36.3. The molecule has 4 aliphatic heterocycles. The van der Waals surface area contributed by atoms with Crippen LogP contribution in [0.25, 0.3) is 0 Å². The third kappa shape index (κ3) is 5.46. The molecule has 4 aliphatic rings. The number of nitrogens with zero attached hydrogens (tertiary/aromatic N) is 1. The monoisotopic (exact) mass is 725 g/mol. The highest BCUT2D eigenvalue weighted by atomic mass is 16.5. The van der Waals surface area contributed by atoms with Crippen LogP contribution in [0, 0.1) is 0 Å². The number of benzene rings is 5. The summed E-state index contributed by atoms with van der Waals surface area (Å²) in [6.45, 7) is 34.9. The fourth-order valence-corrected chi connectivity index (χ4v) is 9.25. The summed E-state index contributed by atoms with van der Waals surface area (Å²) in [6.07, 6.45) is 0. The Morgan fingerprint density at radius 3 is 1.04 bits per heavy atom. The fraction of sp³-hybridized carbons (Fsp3) is 0.400. The Labute approximate surface area is 331 Å². The molecule has 0 saturated heterocycles. The number of rotatable bonds is 0. The molecule has 0 fully saturated rings. The Morgan fingerprint density at radius 1 is 0.364 bits per heavy atom. The molecule has 0 N–H and O–H groups in total. The SMILES string of the molecule is CC(C)(C)c1ccc2c(c1)B1c3cc(C(C)(C)C)cc4c3N(c3cc(C(C)(C)C)cc(c31)O2)c1cc(C(C)(C)C)cc2c1B4c1cc(C(C)(C)C)ccc1O2. The lowest BCUT2D eigenvalue weighted by Gasteiger charge is -2.48. The van der Waals surface area contributed by atoms with Crippen LogP contribution in [0.4, 0.5) is 17.1 Å². The van der Waals surface area contributed by atoms with Crippen molar-refractivity contribution in [2.45, 2.75) is 131 Å². The molecule has 280 valence electrons. The normalized spacial score (nSPS) is 15.4. The molecule has 9 rings (SSSR count). The average molecular weight is 726 g/mol. The van der Waals surface area contributed by atoms with Crippen LogP contribution in [-0.2, 0) is 27.1 Å². The highest BCUT2D eigenvalue weighted by Gasteiger charge is 2.50. The van der Waals surface area contributed by atoms with Crippen molar-refractivity contribution in [3.05, 3.63) is 101 Å². The molecule has 5 aromatic carbocycles. The molecule has 0 unspecified atom stereocenters. The molecule has 55 heavy (non-hydrogen) atoms. The van der Waals surface area contributed by atoms with E-state index in [2.05, 4.69) is 182 Å². The van der Waals surface area contributed by atoms with Gasteiger partial charge in [0.1, 0.15) is 23.0 Å². The first-order valence-corrected chi connectivity index (χ1v) is 20.4. The number of ether oxygens (including phenoxy) is 2. The van der Waals surface area contributed by atoms with Crippen molar-refractivity contribution in [1.29, 1.82) is 0 Å². The predicted octanol–water partition coefficient (Wildman–Crippen LogP) is 9.51. The van der Waals surface area contributed by atoms with Crippen molar-refractivity contribution in [2.75, 3.05) is 4.90 Å². The van der Waals surface area contributed by atoms with Crippen LogP contribution in [0.2, 0.25) is 0 Å². The van der Waals surface area contributed by atoms with Gasteiger partial charge in [0.15, 0.2) is 0 Å². The van der Waals surface area contributed by atoms with E-state index in [1.807, 2.05) is 0 Å². The fourth-order valence-electron chi connectivity index (χ4n) is 9.25. The molecule has 0 amide bonds. The first-order chi connectivity index (χ1) is 25.4. The Hall–Kier alpha value is -4.37. The molecule has 0 aliphatic carbocycles. The average Bonchev–Trinajstić information content (AvgIpc) is 3.07. The smallest absolute Gasteiger partial charge is 0.256 e. The number of hydrogen-bond acceptors (Lipinski definition) is 3. The second-order valence-electron chi connectivity index (χ2n) is 22.0. The summed E-state index contributed by atoms with van der Waals surface area (Å²) in [4.78, 5) is 2.62. The van der Waals surface area contributed by atoms with E-state index in [1.165, 1.54) is 77.7 Å².